The van der Waals surface area contributed by atoms with Gasteiger partial charge in [-0.3, -0.25) is 4.57 Å². The molecule has 0 spiro atoms. The number of aryl methyl sites for hydroxylation is 1. The Morgan fingerprint density at radius 1 is 1.17 bits per heavy atom. The summed E-state index contributed by atoms with van der Waals surface area (Å²) in [5, 5.41) is 18.2. The Kier molecular flexibility index (Phi) is 4.82. The molecule has 6 heteroatoms. The van der Waals surface area contributed by atoms with Crippen molar-refractivity contribution < 1.29 is 4.74 Å². The minimum absolute atomic E-state index is 0.322. The average molecular weight is 336 g/mol. The number of nitrogens with zero attached hydrogens (tertiary/aromatic N) is 4. The van der Waals surface area contributed by atoms with Gasteiger partial charge in [0.05, 0.1) is 18.9 Å². The number of ether oxygens (including phenoxy) is 1. The number of nitriles is 1. The van der Waals surface area contributed by atoms with Crippen molar-refractivity contribution in [2.24, 2.45) is 0 Å². The molecule has 0 unspecified atom stereocenters. The summed E-state index contributed by atoms with van der Waals surface area (Å²) in [7, 11) is 1.64. The van der Waals surface area contributed by atoms with Gasteiger partial charge in [-0.15, -0.1) is 10.2 Å². The highest BCUT2D eigenvalue weighted by Gasteiger charge is 2.16. The lowest BCUT2D eigenvalue weighted by atomic mass is 10.1. The van der Waals surface area contributed by atoms with Gasteiger partial charge in [0.15, 0.2) is 11.0 Å². The number of rotatable bonds is 5. The first kappa shape index (κ1) is 16.1. The maximum atomic E-state index is 8.87. The van der Waals surface area contributed by atoms with Gasteiger partial charge in [-0.2, -0.15) is 5.26 Å². The van der Waals surface area contributed by atoms with E-state index in [0.29, 0.717) is 10.9 Å². The first-order valence-corrected chi connectivity index (χ1v) is 8.38. The van der Waals surface area contributed by atoms with Crippen molar-refractivity contribution in [2.75, 3.05) is 12.9 Å². The van der Waals surface area contributed by atoms with E-state index >= 15 is 0 Å². The highest BCUT2D eigenvalue weighted by Crippen LogP contribution is 2.29. The van der Waals surface area contributed by atoms with Crippen molar-refractivity contribution in [1.82, 2.24) is 14.8 Å². The van der Waals surface area contributed by atoms with Gasteiger partial charge in [-0.05, 0) is 37.3 Å². The Labute approximate surface area is 144 Å². The van der Waals surface area contributed by atoms with Crippen molar-refractivity contribution in [3.8, 4) is 28.9 Å². The molecule has 0 aliphatic carbocycles. The summed E-state index contributed by atoms with van der Waals surface area (Å²) in [6.07, 6.45) is 0. The monoisotopic (exact) mass is 336 g/mol. The van der Waals surface area contributed by atoms with Crippen LogP contribution in [0.5, 0.6) is 5.75 Å². The summed E-state index contributed by atoms with van der Waals surface area (Å²) >= 11 is 1.37. The normalized spacial score (nSPS) is 10.4. The maximum absolute atomic E-state index is 8.87. The number of aromatic nitrogens is 3. The Morgan fingerprint density at radius 3 is 2.62 bits per heavy atom. The van der Waals surface area contributed by atoms with E-state index in [2.05, 4.69) is 22.3 Å². The lowest BCUT2D eigenvalue weighted by Gasteiger charge is -2.11. The van der Waals surface area contributed by atoms with E-state index in [0.717, 1.165) is 28.4 Å². The van der Waals surface area contributed by atoms with Gasteiger partial charge in [0, 0.05) is 11.3 Å². The predicted molar refractivity (Wildman–Crippen MR) is 94.4 cm³/mol. The van der Waals surface area contributed by atoms with Gasteiger partial charge in [-0.25, -0.2) is 0 Å². The number of benzene rings is 2. The molecule has 24 heavy (non-hydrogen) atoms. The lowest BCUT2D eigenvalue weighted by Crippen LogP contribution is -2.00. The van der Waals surface area contributed by atoms with Crippen molar-refractivity contribution in [1.29, 1.82) is 5.26 Å². The third-order valence-corrected chi connectivity index (χ3v) is 4.30. The molecule has 0 aliphatic heterocycles. The number of thioether (sulfide) groups is 1. The van der Waals surface area contributed by atoms with Crippen LogP contribution in [-0.4, -0.2) is 27.6 Å². The van der Waals surface area contributed by atoms with Crippen LogP contribution in [0.4, 0.5) is 0 Å². The van der Waals surface area contributed by atoms with Gasteiger partial charge in [0.25, 0.3) is 0 Å². The van der Waals surface area contributed by atoms with Gasteiger partial charge in [0.1, 0.15) is 5.75 Å². The molecule has 0 saturated heterocycles. The van der Waals surface area contributed by atoms with E-state index in [1.54, 1.807) is 7.11 Å². The maximum Gasteiger partial charge on any atom is 0.197 e. The summed E-state index contributed by atoms with van der Waals surface area (Å²) in [6, 6.07) is 18.0. The molecule has 0 N–H and O–H groups in total. The predicted octanol–water partition coefficient (Wildman–Crippen LogP) is 3.87. The fourth-order valence-electron chi connectivity index (χ4n) is 2.40. The molecule has 0 bridgehead atoms. The fraction of sp³-hybridized carbons (Fsp3) is 0.167. The van der Waals surface area contributed by atoms with Crippen LogP contribution >= 0.6 is 11.8 Å². The first-order valence-electron chi connectivity index (χ1n) is 7.39. The molecule has 3 rings (SSSR count). The van der Waals surface area contributed by atoms with Crippen molar-refractivity contribution in [3.63, 3.8) is 0 Å². The molecule has 0 atom stereocenters. The Morgan fingerprint density at radius 2 is 1.96 bits per heavy atom. The van der Waals surface area contributed by atoms with Crippen LogP contribution in [0.15, 0.2) is 53.7 Å². The number of hydrogen-bond donors (Lipinski definition) is 0. The minimum Gasteiger partial charge on any atom is -0.497 e. The van der Waals surface area contributed by atoms with Crippen molar-refractivity contribution in [3.05, 3.63) is 54.1 Å². The lowest BCUT2D eigenvalue weighted by molar-refractivity contribution is 0.414. The average Bonchev–Trinajstić information content (AvgIpc) is 3.04. The van der Waals surface area contributed by atoms with E-state index in [1.165, 1.54) is 11.8 Å². The second-order valence-electron chi connectivity index (χ2n) is 5.16. The summed E-state index contributed by atoms with van der Waals surface area (Å²) < 4.78 is 7.19. The quantitative estimate of drug-likeness (QED) is 0.662. The van der Waals surface area contributed by atoms with E-state index < -0.39 is 0 Å². The molecule has 0 aliphatic rings. The molecule has 0 radical (unpaired) electrons. The Hall–Kier alpha value is -2.78. The Bertz CT molecular complexity index is 881. The van der Waals surface area contributed by atoms with Crippen LogP contribution in [-0.2, 0) is 0 Å². The van der Waals surface area contributed by atoms with E-state index in [9.17, 15) is 0 Å². The molecule has 0 saturated carbocycles. The van der Waals surface area contributed by atoms with Crippen LogP contribution < -0.4 is 4.74 Å². The summed E-state index contributed by atoms with van der Waals surface area (Å²) in [5.74, 6) is 1.86. The summed E-state index contributed by atoms with van der Waals surface area (Å²) in [5.41, 5.74) is 3.07. The molecule has 2 aromatic carbocycles. The van der Waals surface area contributed by atoms with E-state index in [4.69, 9.17) is 10.00 Å². The molecule has 1 heterocycles. The van der Waals surface area contributed by atoms with Crippen LogP contribution in [0.2, 0.25) is 0 Å². The molecule has 0 fully saturated rings. The van der Waals surface area contributed by atoms with Crippen LogP contribution in [0, 0.1) is 18.3 Å². The standard InChI is InChI=1S/C18H16N4OS/c1-13-4-3-5-14(12-13)17-20-21-18(24-11-10-19)22(17)15-6-8-16(23-2)9-7-15/h3-9,12H,11H2,1-2H3. The van der Waals surface area contributed by atoms with Gasteiger partial charge < -0.3 is 4.74 Å². The van der Waals surface area contributed by atoms with Crippen LogP contribution in [0.3, 0.4) is 0 Å². The molecule has 120 valence electrons. The molecule has 1 aromatic heterocycles. The van der Waals surface area contributed by atoms with Gasteiger partial charge >= 0.3 is 0 Å². The number of methoxy groups -OCH3 is 1. The summed E-state index contributed by atoms with van der Waals surface area (Å²) in [4.78, 5) is 0. The zero-order valence-electron chi connectivity index (χ0n) is 13.4. The Balaban J connectivity index is 2.12. The SMILES string of the molecule is COc1ccc(-n2c(SCC#N)nnc2-c2cccc(C)c2)cc1. The third kappa shape index (κ3) is 3.26. The molecular weight excluding hydrogens is 320 g/mol. The van der Waals surface area contributed by atoms with Gasteiger partial charge in [0.2, 0.25) is 0 Å². The molecule has 3 aromatic rings. The fourth-order valence-corrected chi connectivity index (χ4v) is 3.01. The largest absolute Gasteiger partial charge is 0.497 e. The highest BCUT2D eigenvalue weighted by atomic mass is 32.2. The van der Waals surface area contributed by atoms with Crippen LogP contribution in [0.1, 0.15) is 5.56 Å². The minimum atomic E-state index is 0.322. The number of hydrogen-bond acceptors (Lipinski definition) is 5. The molecule has 5 nitrogen and oxygen atoms in total. The zero-order valence-corrected chi connectivity index (χ0v) is 14.2. The smallest absolute Gasteiger partial charge is 0.197 e. The van der Waals surface area contributed by atoms with E-state index in [-0.39, 0.29) is 0 Å². The third-order valence-electron chi connectivity index (χ3n) is 3.51. The second-order valence-corrected chi connectivity index (χ2v) is 6.10. The molecule has 0 amide bonds. The highest BCUT2D eigenvalue weighted by molar-refractivity contribution is 7.99. The van der Waals surface area contributed by atoms with Gasteiger partial charge in [-0.1, -0.05) is 35.5 Å². The second kappa shape index (κ2) is 7.20. The zero-order chi connectivity index (χ0) is 16.9. The van der Waals surface area contributed by atoms with Crippen LogP contribution in [0.25, 0.3) is 17.1 Å². The van der Waals surface area contributed by atoms with Crippen molar-refractivity contribution in [2.45, 2.75) is 12.1 Å². The molecular formula is C18H16N4OS. The van der Waals surface area contributed by atoms with Crippen molar-refractivity contribution >= 4 is 11.8 Å². The summed E-state index contributed by atoms with van der Waals surface area (Å²) in [6.45, 7) is 2.04. The first-order chi connectivity index (χ1) is 11.7. The van der Waals surface area contributed by atoms with E-state index in [1.807, 2.05) is 54.0 Å². The topological polar surface area (TPSA) is 63.7 Å².